The summed E-state index contributed by atoms with van der Waals surface area (Å²) >= 11 is 0. The second kappa shape index (κ2) is 10.1. The fraction of sp³-hybridized carbons (Fsp3) is 0.581. The number of carbonyl (C=O) groups is 1. The lowest BCUT2D eigenvalue weighted by Gasteiger charge is -2.48. The van der Waals surface area contributed by atoms with Gasteiger partial charge in [-0.25, -0.2) is 0 Å². The quantitative estimate of drug-likeness (QED) is 0.635. The number of likely N-dealkylation sites (tertiary alicyclic amines) is 1. The maximum Gasteiger partial charge on any atom is 0.228 e. The van der Waals surface area contributed by atoms with E-state index in [0.717, 1.165) is 56.0 Å². The van der Waals surface area contributed by atoms with E-state index in [1.54, 1.807) is 7.11 Å². The van der Waals surface area contributed by atoms with E-state index in [0.29, 0.717) is 30.4 Å². The fourth-order valence-corrected chi connectivity index (χ4v) is 7.78. The van der Waals surface area contributed by atoms with Crippen LogP contribution in [0.1, 0.15) is 68.4 Å². The highest BCUT2D eigenvalue weighted by Crippen LogP contribution is 2.50. The molecule has 0 bridgehead atoms. The zero-order valence-corrected chi connectivity index (χ0v) is 21.6. The molecule has 1 saturated carbocycles. The van der Waals surface area contributed by atoms with Gasteiger partial charge < -0.3 is 19.7 Å². The highest BCUT2D eigenvalue weighted by molar-refractivity contribution is 5.82. The first kappa shape index (κ1) is 23.8. The molecule has 2 saturated heterocycles. The van der Waals surface area contributed by atoms with E-state index < -0.39 is 0 Å². The summed E-state index contributed by atoms with van der Waals surface area (Å²) in [5, 5.41) is 3.62. The summed E-state index contributed by atoms with van der Waals surface area (Å²) in [6.45, 7) is 3.06. The standard InChI is InChI=1S/C31H40N2O3/c1-35-28-14-8-13-25-29(28)36-18-16-31(25)21-32-20-26(31)30(34)33-17-15-24(22-9-4-2-5-10-22)19-27(33)23-11-6-3-7-12-23/h2,4-5,8-10,13-14,23-24,26-27,32H,3,6-7,11-12,15-21H2,1H3/t24-,26+,27+,31+/m1/s1. The van der Waals surface area contributed by atoms with Crippen LogP contribution < -0.4 is 14.8 Å². The monoisotopic (exact) mass is 488 g/mol. The van der Waals surface area contributed by atoms with Gasteiger partial charge in [0.2, 0.25) is 5.91 Å². The third-order valence-corrected chi connectivity index (χ3v) is 9.68. The summed E-state index contributed by atoms with van der Waals surface area (Å²) in [6, 6.07) is 17.5. The van der Waals surface area contributed by atoms with Crippen LogP contribution in [0.3, 0.4) is 0 Å². The number of carbonyl (C=O) groups excluding carboxylic acids is 1. The summed E-state index contributed by atoms with van der Waals surface area (Å²) in [7, 11) is 1.70. The Morgan fingerprint density at radius 3 is 2.69 bits per heavy atom. The number of fused-ring (bicyclic) bond motifs is 2. The average molecular weight is 489 g/mol. The number of para-hydroxylation sites is 1. The molecule has 4 aliphatic rings. The van der Waals surface area contributed by atoms with Crippen molar-refractivity contribution in [1.82, 2.24) is 10.2 Å². The molecular formula is C31H40N2O3. The van der Waals surface area contributed by atoms with E-state index in [1.165, 1.54) is 37.7 Å². The van der Waals surface area contributed by atoms with Gasteiger partial charge in [0, 0.05) is 36.7 Å². The Labute approximate surface area is 215 Å². The predicted octanol–water partition coefficient (Wildman–Crippen LogP) is 5.29. The zero-order chi connectivity index (χ0) is 24.5. The average Bonchev–Trinajstić information content (AvgIpc) is 3.37. The van der Waals surface area contributed by atoms with Crippen molar-refractivity contribution in [3.8, 4) is 11.5 Å². The molecule has 4 atom stereocenters. The molecule has 5 heteroatoms. The molecule has 5 nitrogen and oxygen atoms in total. The van der Waals surface area contributed by atoms with E-state index in [9.17, 15) is 4.79 Å². The third-order valence-electron chi connectivity index (χ3n) is 9.68. The first-order valence-electron chi connectivity index (χ1n) is 14.1. The van der Waals surface area contributed by atoms with Gasteiger partial charge in [-0.05, 0) is 55.6 Å². The lowest BCUT2D eigenvalue weighted by molar-refractivity contribution is -0.143. The molecule has 6 rings (SSSR count). The molecule has 1 N–H and O–H groups in total. The van der Waals surface area contributed by atoms with Crippen molar-refractivity contribution >= 4 is 5.91 Å². The van der Waals surface area contributed by atoms with E-state index in [1.807, 2.05) is 12.1 Å². The molecule has 0 radical (unpaired) electrons. The minimum atomic E-state index is -0.230. The number of piperidine rings is 1. The van der Waals surface area contributed by atoms with Crippen LogP contribution in [0, 0.1) is 11.8 Å². The number of nitrogens with zero attached hydrogens (tertiary/aromatic N) is 1. The van der Waals surface area contributed by atoms with Crippen molar-refractivity contribution in [1.29, 1.82) is 0 Å². The lowest BCUT2D eigenvalue weighted by Crippen LogP contribution is -2.55. The minimum absolute atomic E-state index is 0.0633. The van der Waals surface area contributed by atoms with Gasteiger partial charge in [0.25, 0.3) is 0 Å². The normalized spacial score (nSPS) is 30.6. The lowest BCUT2D eigenvalue weighted by atomic mass is 9.67. The summed E-state index contributed by atoms with van der Waals surface area (Å²) in [4.78, 5) is 16.9. The highest BCUT2D eigenvalue weighted by Gasteiger charge is 2.53. The minimum Gasteiger partial charge on any atom is -0.493 e. The molecule has 0 unspecified atom stereocenters. The maximum absolute atomic E-state index is 14.5. The molecule has 1 amide bonds. The second-order valence-electron chi connectivity index (χ2n) is 11.4. The summed E-state index contributed by atoms with van der Waals surface area (Å²) in [6.07, 6.45) is 9.49. The van der Waals surface area contributed by atoms with E-state index >= 15 is 0 Å². The second-order valence-corrected chi connectivity index (χ2v) is 11.4. The smallest absolute Gasteiger partial charge is 0.228 e. The molecule has 3 aliphatic heterocycles. The Morgan fingerprint density at radius 2 is 1.89 bits per heavy atom. The molecule has 1 spiro atoms. The fourth-order valence-electron chi connectivity index (χ4n) is 7.78. The van der Waals surface area contributed by atoms with Gasteiger partial charge >= 0.3 is 0 Å². The van der Waals surface area contributed by atoms with Gasteiger partial charge in [-0.2, -0.15) is 0 Å². The van der Waals surface area contributed by atoms with Crippen LogP contribution >= 0.6 is 0 Å². The first-order chi connectivity index (χ1) is 17.7. The van der Waals surface area contributed by atoms with Gasteiger partial charge in [-0.15, -0.1) is 0 Å². The third kappa shape index (κ3) is 4.09. The molecule has 2 aromatic rings. The van der Waals surface area contributed by atoms with Crippen LogP contribution in [0.2, 0.25) is 0 Å². The van der Waals surface area contributed by atoms with E-state index in [-0.39, 0.29) is 11.3 Å². The van der Waals surface area contributed by atoms with Gasteiger partial charge in [0.1, 0.15) is 0 Å². The highest BCUT2D eigenvalue weighted by atomic mass is 16.5. The Bertz CT molecular complexity index is 1070. The number of benzene rings is 2. The van der Waals surface area contributed by atoms with Crippen LogP contribution in [0.15, 0.2) is 48.5 Å². The SMILES string of the molecule is COc1cccc2c1OCC[C@]21CNC[C@H]1C(=O)N1CC[C@@H](c2ccccc2)C[C@H]1C1CCCCC1. The van der Waals surface area contributed by atoms with Crippen molar-refractivity contribution < 1.29 is 14.3 Å². The van der Waals surface area contributed by atoms with E-state index in [4.69, 9.17) is 9.47 Å². The van der Waals surface area contributed by atoms with Crippen LogP contribution in [-0.4, -0.2) is 50.2 Å². The summed E-state index contributed by atoms with van der Waals surface area (Å²) in [5.74, 6) is 3.07. The van der Waals surface area contributed by atoms with Gasteiger partial charge in [-0.3, -0.25) is 4.79 Å². The Kier molecular flexibility index (Phi) is 6.68. The number of nitrogens with one attached hydrogen (secondary N) is 1. The van der Waals surface area contributed by atoms with Crippen molar-refractivity contribution in [3.63, 3.8) is 0 Å². The number of methoxy groups -OCH3 is 1. The van der Waals surface area contributed by atoms with Gasteiger partial charge in [0.15, 0.2) is 11.5 Å². The first-order valence-corrected chi connectivity index (χ1v) is 14.1. The van der Waals surface area contributed by atoms with Crippen molar-refractivity contribution in [2.75, 3.05) is 33.4 Å². The zero-order valence-electron chi connectivity index (χ0n) is 21.6. The van der Waals surface area contributed by atoms with Crippen molar-refractivity contribution in [3.05, 3.63) is 59.7 Å². The van der Waals surface area contributed by atoms with Crippen LogP contribution in [0.5, 0.6) is 11.5 Å². The van der Waals surface area contributed by atoms with Crippen LogP contribution in [0.4, 0.5) is 0 Å². The maximum atomic E-state index is 14.5. The number of hydrogen-bond donors (Lipinski definition) is 1. The number of rotatable bonds is 4. The van der Waals surface area contributed by atoms with E-state index in [2.05, 4.69) is 46.6 Å². The van der Waals surface area contributed by atoms with Gasteiger partial charge in [0.05, 0.1) is 19.6 Å². The molecule has 1 aliphatic carbocycles. The van der Waals surface area contributed by atoms with Crippen LogP contribution in [-0.2, 0) is 10.2 Å². The predicted molar refractivity (Wildman–Crippen MR) is 142 cm³/mol. The Hall–Kier alpha value is -2.53. The molecule has 0 aromatic heterocycles. The van der Waals surface area contributed by atoms with Crippen molar-refractivity contribution in [2.45, 2.75) is 68.7 Å². The topological polar surface area (TPSA) is 50.8 Å². The number of ether oxygens (including phenoxy) is 2. The number of amides is 1. The summed E-state index contributed by atoms with van der Waals surface area (Å²) < 4.78 is 11.7. The molecule has 3 heterocycles. The van der Waals surface area contributed by atoms with Crippen molar-refractivity contribution in [2.24, 2.45) is 11.8 Å². The molecule has 3 fully saturated rings. The molecule has 36 heavy (non-hydrogen) atoms. The Morgan fingerprint density at radius 1 is 1.06 bits per heavy atom. The number of hydrogen-bond acceptors (Lipinski definition) is 4. The Balaban J connectivity index is 1.31. The largest absolute Gasteiger partial charge is 0.493 e. The molecular weight excluding hydrogens is 448 g/mol. The molecule has 2 aromatic carbocycles. The van der Waals surface area contributed by atoms with Gasteiger partial charge in [-0.1, -0.05) is 61.7 Å². The molecule has 192 valence electrons. The summed E-state index contributed by atoms with van der Waals surface area (Å²) in [5.41, 5.74) is 2.35. The van der Waals surface area contributed by atoms with Crippen LogP contribution in [0.25, 0.3) is 0 Å².